The van der Waals surface area contributed by atoms with Gasteiger partial charge in [0.15, 0.2) is 0 Å². The van der Waals surface area contributed by atoms with E-state index in [1.807, 2.05) is 37.4 Å². The van der Waals surface area contributed by atoms with Gasteiger partial charge in [0.1, 0.15) is 5.82 Å². The first-order valence-electron chi connectivity index (χ1n) is 5.05. The molecule has 0 saturated heterocycles. The average Bonchev–Trinajstić information content (AvgIpc) is 2.38. The molecule has 1 N–H and O–H groups in total. The third kappa shape index (κ3) is 2.97. The Hall–Kier alpha value is -1.55. The molecule has 0 atom stereocenters. The topological polar surface area (TPSA) is 37.8 Å². The molecular formula is C12H13N3S. The van der Waals surface area contributed by atoms with E-state index >= 15 is 0 Å². The van der Waals surface area contributed by atoms with Crippen molar-refractivity contribution in [3.05, 3.63) is 48.4 Å². The number of nitrogens with one attached hydrogen (secondary N) is 1. The van der Waals surface area contributed by atoms with E-state index in [0.717, 1.165) is 17.3 Å². The van der Waals surface area contributed by atoms with Crippen LogP contribution in [-0.2, 0) is 5.75 Å². The molecule has 0 unspecified atom stereocenters. The Balaban J connectivity index is 1.99. The van der Waals surface area contributed by atoms with E-state index in [2.05, 4.69) is 15.3 Å². The molecule has 3 nitrogen and oxygen atoms in total. The van der Waals surface area contributed by atoms with Gasteiger partial charge in [0.2, 0.25) is 0 Å². The summed E-state index contributed by atoms with van der Waals surface area (Å²) in [6.07, 6.45) is 3.61. The molecule has 0 spiro atoms. The van der Waals surface area contributed by atoms with Crippen LogP contribution in [0.1, 0.15) is 5.69 Å². The summed E-state index contributed by atoms with van der Waals surface area (Å²) < 4.78 is 0. The maximum absolute atomic E-state index is 4.46. The van der Waals surface area contributed by atoms with Crippen LogP contribution in [0.15, 0.2) is 47.6 Å². The maximum atomic E-state index is 4.46. The summed E-state index contributed by atoms with van der Waals surface area (Å²) in [6, 6.07) is 10.0. The molecule has 0 aliphatic rings. The van der Waals surface area contributed by atoms with Crippen molar-refractivity contribution >= 4 is 17.6 Å². The lowest BCUT2D eigenvalue weighted by Crippen LogP contribution is -1.94. The molecule has 2 rings (SSSR count). The van der Waals surface area contributed by atoms with Crippen molar-refractivity contribution in [3.8, 4) is 0 Å². The molecule has 0 aliphatic heterocycles. The number of aromatic nitrogens is 2. The van der Waals surface area contributed by atoms with E-state index in [4.69, 9.17) is 0 Å². The predicted molar refractivity (Wildman–Crippen MR) is 67.6 cm³/mol. The van der Waals surface area contributed by atoms with Crippen molar-refractivity contribution in [2.45, 2.75) is 10.6 Å². The van der Waals surface area contributed by atoms with E-state index in [1.165, 1.54) is 4.90 Å². The van der Waals surface area contributed by atoms with Gasteiger partial charge in [0, 0.05) is 30.1 Å². The lowest BCUT2D eigenvalue weighted by Gasteiger charge is -2.03. The highest BCUT2D eigenvalue weighted by Crippen LogP contribution is 2.21. The molecule has 2 aromatic rings. The summed E-state index contributed by atoms with van der Waals surface area (Å²) in [5.41, 5.74) is 1.08. The normalized spacial score (nSPS) is 10.1. The summed E-state index contributed by atoms with van der Waals surface area (Å²) in [4.78, 5) is 9.66. The number of nitrogens with zero attached hydrogens (tertiary/aromatic N) is 2. The molecule has 0 fully saturated rings. The highest BCUT2D eigenvalue weighted by atomic mass is 32.2. The van der Waals surface area contributed by atoms with Crippen molar-refractivity contribution < 1.29 is 0 Å². The second-order valence-electron chi connectivity index (χ2n) is 3.24. The highest BCUT2D eigenvalue weighted by Gasteiger charge is 1.98. The van der Waals surface area contributed by atoms with Gasteiger partial charge in [-0.2, -0.15) is 0 Å². The van der Waals surface area contributed by atoms with Crippen LogP contribution < -0.4 is 5.32 Å². The zero-order chi connectivity index (χ0) is 11.2. The van der Waals surface area contributed by atoms with Gasteiger partial charge in [0.05, 0.1) is 5.69 Å². The number of hydrogen-bond acceptors (Lipinski definition) is 4. The summed E-state index contributed by atoms with van der Waals surface area (Å²) in [6.45, 7) is 0. The minimum Gasteiger partial charge on any atom is -0.373 e. The summed E-state index contributed by atoms with van der Waals surface area (Å²) >= 11 is 1.76. The summed E-state index contributed by atoms with van der Waals surface area (Å²) in [5, 5.41) is 3.04. The minimum absolute atomic E-state index is 0.875. The number of hydrogen-bond donors (Lipinski definition) is 1. The van der Waals surface area contributed by atoms with Crippen molar-refractivity contribution in [1.29, 1.82) is 0 Å². The fourth-order valence-electron chi connectivity index (χ4n) is 1.29. The van der Waals surface area contributed by atoms with Crippen LogP contribution in [0.4, 0.5) is 5.82 Å². The van der Waals surface area contributed by atoms with Crippen LogP contribution in [0.3, 0.4) is 0 Å². The third-order valence-electron chi connectivity index (χ3n) is 2.10. The molecule has 16 heavy (non-hydrogen) atoms. The third-order valence-corrected chi connectivity index (χ3v) is 3.14. The molecule has 82 valence electrons. The number of anilines is 1. The van der Waals surface area contributed by atoms with Gasteiger partial charge >= 0.3 is 0 Å². The lowest BCUT2D eigenvalue weighted by atomic mass is 10.4. The molecule has 0 aliphatic carbocycles. The van der Waals surface area contributed by atoms with E-state index in [0.29, 0.717) is 0 Å². The first-order valence-corrected chi connectivity index (χ1v) is 6.03. The summed E-state index contributed by atoms with van der Waals surface area (Å²) in [7, 11) is 1.88. The van der Waals surface area contributed by atoms with Gasteiger partial charge in [0.25, 0.3) is 0 Å². The molecule has 0 bridgehead atoms. The summed E-state index contributed by atoms with van der Waals surface area (Å²) in [5.74, 6) is 1.78. The Kier molecular flexibility index (Phi) is 3.77. The highest BCUT2D eigenvalue weighted by molar-refractivity contribution is 7.98. The van der Waals surface area contributed by atoms with Crippen LogP contribution in [-0.4, -0.2) is 17.0 Å². The molecule has 0 amide bonds. The van der Waals surface area contributed by atoms with E-state index in [9.17, 15) is 0 Å². The Labute approximate surface area is 99.3 Å². The Morgan fingerprint density at radius 3 is 2.75 bits per heavy atom. The molecule has 0 radical (unpaired) electrons. The Bertz CT molecular complexity index is 445. The van der Waals surface area contributed by atoms with E-state index in [-0.39, 0.29) is 0 Å². The predicted octanol–water partition coefficient (Wildman–Crippen LogP) is 2.81. The Morgan fingerprint density at radius 1 is 1.19 bits per heavy atom. The lowest BCUT2D eigenvalue weighted by molar-refractivity contribution is 1.16. The van der Waals surface area contributed by atoms with E-state index < -0.39 is 0 Å². The largest absolute Gasteiger partial charge is 0.373 e. The van der Waals surface area contributed by atoms with Crippen molar-refractivity contribution in [2.24, 2.45) is 0 Å². The van der Waals surface area contributed by atoms with Gasteiger partial charge in [-0.1, -0.05) is 6.07 Å². The maximum Gasteiger partial charge on any atom is 0.125 e. The standard InChI is InChI=1S/C12H13N3S/c1-13-12-4-2-3-10(15-12)9-16-11-5-7-14-8-6-11/h2-8H,9H2,1H3,(H,13,15). The van der Waals surface area contributed by atoms with Crippen LogP contribution in [0.2, 0.25) is 0 Å². The van der Waals surface area contributed by atoms with Gasteiger partial charge in [-0.25, -0.2) is 4.98 Å². The molecule has 0 aromatic carbocycles. The monoisotopic (exact) mass is 231 g/mol. The van der Waals surface area contributed by atoms with E-state index in [1.54, 1.807) is 24.2 Å². The SMILES string of the molecule is CNc1cccc(CSc2ccncc2)n1. The number of pyridine rings is 2. The quantitative estimate of drug-likeness (QED) is 0.821. The Morgan fingerprint density at radius 2 is 2.00 bits per heavy atom. The molecule has 0 saturated carbocycles. The van der Waals surface area contributed by atoms with Gasteiger partial charge in [-0.05, 0) is 24.3 Å². The molecule has 2 aromatic heterocycles. The smallest absolute Gasteiger partial charge is 0.125 e. The van der Waals surface area contributed by atoms with Gasteiger partial charge in [-0.3, -0.25) is 4.98 Å². The van der Waals surface area contributed by atoms with Gasteiger partial charge < -0.3 is 5.32 Å². The zero-order valence-electron chi connectivity index (χ0n) is 9.05. The molecular weight excluding hydrogens is 218 g/mol. The van der Waals surface area contributed by atoms with Gasteiger partial charge in [-0.15, -0.1) is 11.8 Å². The second-order valence-corrected chi connectivity index (χ2v) is 4.28. The first-order chi connectivity index (χ1) is 7.88. The molecule has 2 heterocycles. The van der Waals surface area contributed by atoms with Crippen LogP contribution in [0.25, 0.3) is 0 Å². The minimum atomic E-state index is 0.875. The number of thioether (sulfide) groups is 1. The number of rotatable bonds is 4. The van der Waals surface area contributed by atoms with Crippen molar-refractivity contribution in [3.63, 3.8) is 0 Å². The molecule has 4 heteroatoms. The second kappa shape index (κ2) is 5.51. The first kappa shape index (κ1) is 11.0. The van der Waals surface area contributed by atoms with Crippen LogP contribution in [0.5, 0.6) is 0 Å². The van der Waals surface area contributed by atoms with Crippen LogP contribution >= 0.6 is 11.8 Å². The van der Waals surface area contributed by atoms with Crippen molar-refractivity contribution in [1.82, 2.24) is 9.97 Å². The fraction of sp³-hybridized carbons (Fsp3) is 0.167. The van der Waals surface area contributed by atoms with Crippen LogP contribution in [0, 0.1) is 0 Å². The zero-order valence-corrected chi connectivity index (χ0v) is 9.87. The van der Waals surface area contributed by atoms with Crippen molar-refractivity contribution in [2.75, 3.05) is 12.4 Å². The fourth-order valence-corrected chi connectivity index (χ4v) is 2.08. The average molecular weight is 231 g/mol.